The standard InChI is InChI=1S/C19H22N2O5S2/c1-4-15-7-5-6-13(2)18(15)20-28(25,26)17-10-8-16(9-11-17)21-19(22)14(3)12-27(21,23)24/h5-11,14,20H,4,12H2,1-3H3. The highest BCUT2D eigenvalue weighted by atomic mass is 32.2. The Kier molecular flexibility index (Phi) is 5.24. The van der Waals surface area contributed by atoms with E-state index in [9.17, 15) is 21.6 Å². The van der Waals surface area contributed by atoms with Gasteiger partial charge in [-0.2, -0.15) is 0 Å². The smallest absolute Gasteiger partial charge is 0.261 e. The van der Waals surface area contributed by atoms with E-state index in [-0.39, 0.29) is 16.3 Å². The summed E-state index contributed by atoms with van der Waals surface area (Å²) in [6, 6.07) is 10.8. The third-order valence-electron chi connectivity index (χ3n) is 4.72. The highest BCUT2D eigenvalue weighted by Crippen LogP contribution is 2.30. The van der Waals surface area contributed by atoms with Gasteiger partial charge in [-0.1, -0.05) is 32.0 Å². The van der Waals surface area contributed by atoms with Gasteiger partial charge in [-0.3, -0.25) is 9.52 Å². The third kappa shape index (κ3) is 3.64. The molecule has 0 bridgehead atoms. The van der Waals surface area contributed by atoms with Crippen LogP contribution in [0.15, 0.2) is 47.4 Å². The number of carbonyl (C=O) groups excluding carboxylic acids is 1. The largest absolute Gasteiger partial charge is 0.279 e. The van der Waals surface area contributed by atoms with Gasteiger partial charge in [-0.15, -0.1) is 0 Å². The van der Waals surface area contributed by atoms with Crippen molar-refractivity contribution in [2.24, 2.45) is 5.92 Å². The predicted octanol–water partition coefficient (Wildman–Crippen LogP) is 2.67. The molecule has 9 heteroatoms. The lowest BCUT2D eigenvalue weighted by Gasteiger charge is -2.17. The summed E-state index contributed by atoms with van der Waals surface area (Å²) in [7, 11) is -7.60. The van der Waals surface area contributed by atoms with Crippen molar-refractivity contribution in [3.8, 4) is 0 Å². The molecule has 1 fully saturated rings. The molecular formula is C19H22N2O5S2. The molecule has 2 aromatic carbocycles. The first kappa shape index (κ1) is 20.3. The Morgan fingerprint density at radius 3 is 2.32 bits per heavy atom. The first-order valence-electron chi connectivity index (χ1n) is 8.85. The fourth-order valence-corrected chi connectivity index (χ4v) is 6.20. The van der Waals surface area contributed by atoms with Gasteiger partial charge in [0.2, 0.25) is 15.9 Å². The molecule has 0 aromatic heterocycles. The molecule has 28 heavy (non-hydrogen) atoms. The zero-order chi connectivity index (χ0) is 20.7. The predicted molar refractivity (Wildman–Crippen MR) is 108 cm³/mol. The van der Waals surface area contributed by atoms with Crippen LogP contribution >= 0.6 is 0 Å². The van der Waals surface area contributed by atoms with Crippen molar-refractivity contribution < 1.29 is 21.6 Å². The Morgan fingerprint density at radius 2 is 1.79 bits per heavy atom. The molecule has 1 N–H and O–H groups in total. The molecule has 1 saturated heterocycles. The number of hydrogen-bond donors (Lipinski definition) is 1. The molecule has 0 radical (unpaired) electrons. The maximum absolute atomic E-state index is 12.8. The lowest BCUT2D eigenvalue weighted by molar-refractivity contribution is -0.119. The van der Waals surface area contributed by atoms with Gasteiger partial charge in [0.25, 0.3) is 10.0 Å². The Balaban J connectivity index is 1.93. The molecule has 150 valence electrons. The van der Waals surface area contributed by atoms with E-state index in [2.05, 4.69) is 4.72 Å². The second-order valence-corrected chi connectivity index (χ2v) is 10.4. The Morgan fingerprint density at radius 1 is 1.14 bits per heavy atom. The third-order valence-corrected chi connectivity index (χ3v) is 7.95. The molecule has 1 aliphatic heterocycles. The summed E-state index contributed by atoms with van der Waals surface area (Å²) in [5.41, 5.74) is 2.36. The van der Waals surface area contributed by atoms with Crippen molar-refractivity contribution in [3.63, 3.8) is 0 Å². The van der Waals surface area contributed by atoms with Gasteiger partial charge in [0.05, 0.1) is 27.9 Å². The number of amides is 1. The van der Waals surface area contributed by atoms with E-state index >= 15 is 0 Å². The lowest BCUT2D eigenvalue weighted by atomic mass is 10.1. The summed E-state index contributed by atoms with van der Waals surface area (Å²) in [5, 5.41) is 0. The number of rotatable bonds is 5. The molecule has 7 nitrogen and oxygen atoms in total. The average Bonchev–Trinajstić information content (AvgIpc) is 2.83. The summed E-state index contributed by atoms with van der Waals surface area (Å²) in [5.74, 6) is -1.38. The molecule has 1 amide bonds. The number of nitrogens with one attached hydrogen (secondary N) is 1. The Labute approximate surface area is 165 Å². The van der Waals surface area contributed by atoms with Crippen LogP contribution in [0.2, 0.25) is 0 Å². The number of carbonyl (C=O) groups is 1. The van der Waals surface area contributed by atoms with Crippen LogP contribution in [0.3, 0.4) is 0 Å². The van der Waals surface area contributed by atoms with Crippen LogP contribution in [0, 0.1) is 12.8 Å². The minimum Gasteiger partial charge on any atom is -0.279 e. The van der Waals surface area contributed by atoms with Crippen molar-refractivity contribution in [2.75, 3.05) is 14.8 Å². The molecule has 3 rings (SSSR count). The number of para-hydroxylation sites is 1. The Bertz CT molecular complexity index is 1120. The minimum atomic E-state index is -3.86. The molecule has 0 spiro atoms. The first-order chi connectivity index (χ1) is 13.1. The molecule has 1 atom stereocenters. The SMILES string of the molecule is CCc1cccc(C)c1NS(=O)(=O)c1ccc(N2C(=O)C(C)CS2(=O)=O)cc1. The van der Waals surface area contributed by atoms with Gasteiger partial charge < -0.3 is 0 Å². The van der Waals surface area contributed by atoms with Crippen LogP contribution in [0.25, 0.3) is 0 Å². The van der Waals surface area contributed by atoms with Crippen LogP contribution in [0.4, 0.5) is 11.4 Å². The summed E-state index contributed by atoms with van der Waals surface area (Å²) in [6.07, 6.45) is 0.672. The lowest BCUT2D eigenvalue weighted by Crippen LogP contribution is -2.30. The number of anilines is 2. The highest BCUT2D eigenvalue weighted by molar-refractivity contribution is 7.94. The summed E-state index contributed by atoms with van der Waals surface area (Å²) < 4.78 is 53.3. The zero-order valence-corrected chi connectivity index (χ0v) is 17.5. The van der Waals surface area contributed by atoms with Crippen molar-refractivity contribution >= 4 is 37.3 Å². The van der Waals surface area contributed by atoms with Gasteiger partial charge in [0, 0.05) is 0 Å². The molecule has 0 saturated carbocycles. The molecular weight excluding hydrogens is 400 g/mol. The minimum absolute atomic E-state index is 0.0151. The fraction of sp³-hybridized carbons (Fsp3) is 0.316. The number of sulfonamides is 2. The van der Waals surface area contributed by atoms with Crippen LogP contribution in [0.5, 0.6) is 0 Å². The first-order valence-corrected chi connectivity index (χ1v) is 11.9. The van der Waals surface area contributed by atoms with Gasteiger partial charge in [0.1, 0.15) is 0 Å². The topological polar surface area (TPSA) is 101 Å². The molecule has 1 heterocycles. The molecule has 0 aliphatic carbocycles. The van der Waals surface area contributed by atoms with E-state index in [4.69, 9.17) is 0 Å². The maximum Gasteiger partial charge on any atom is 0.261 e. The molecule has 2 aromatic rings. The fourth-order valence-electron chi connectivity index (χ4n) is 3.21. The van der Waals surface area contributed by atoms with Gasteiger partial charge in [-0.25, -0.2) is 21.1 Å². The van der Waals surface area contributed by atoms with Crippen LogP contribution in [-0.4, -0.2) is 28.5 Å². The highest BCUT2D eigenvalue weighted by Gasteiger charge is 2.42. The van der Waals surface area contributed by atoms with E-state index < -0.39 is 31.9 Å². The second kappa shape index (κ2) is 7.21. The summed E-state index contributed by atoms with van der Waals surface area (Å²) in [4.78, 5) is 12.2. The van der Waals surface area contributed by atoms with E-state index in [1.807, 2.05) is 32.0 Å². The van der Waals surface area contributed by atoms with E-state index in [1.54, 1.807) is 6.92 Å². The van der Waals surface area contributed by atoms with E-state index in [0.717, 1.165) is 15.4 Å². The molecule has 1 unspecified atom stereocenters. The number of nitrogens with zero attached hydrogens (tertiary/aromatic N) is 1. The van der Waals surface area contributed by atoms with Gasteiger partial charge >= 0.3 is 0 Å². The quantitative estimate of drug-likeness (QED) is 0.798. The average molecular weight is 423 g/mol. The normalized spacial score (nSPS) is 19.0. The van der Waals surface area contributed by atoms with Crippen LogP contribution < -0.4 is 9.03 Å². The maximum atomic E-state index is 12.8. The number of hydrogen-bond acceptors (Lipinski definition) is 5. The number of benzene rings is 2. The van der Waals surface area contributed by atoms with Gasteiger partial charge in [-0.05, 0) is 48.7 Å². The van der Waals surface area contributed by atoms with Crippen molar-refractivity contribution in [2.45, 2.75) is 32.1 Å². The number of aryl methyl sites for hydroxylation is 2. The van der Waals surface area contributed by atoms with E-state index in [1.165, 1.54) is 24.3 Å². The molecule has 1 aliphatic rings. The monoisotopic (exact) mass is 422 g/mol. The van der Waals surface area contributed by atoms with E-state index in [0.29, 0.717) is 12.1 Å². The van der Waals surface area contributed by atoms with Crippen molar-refractivity contribution in [3.05, 3.63) is 53.6 Å². The van der Waals surface area contributed by atoms with Crippen molar-refractivity contribution in [1.82, 2.24) is 0 Å². The van der Waals surface area contributed by atoms with Crippen LogP contribution in [0.1, 0.15) is 25.0 Å². The summed E-state index contributed by atoms with van der Waals surface area (Å²) >= 11 is 0. The summed E-state index contributed by atoms with van der Waals surface area (Å²) in [6.45, 7) is 5.32. The zero-order valence-electron chi connectivity index (χ0n) is 15.8. The second-order valence-electron chi connectivity index (χ2n) is 6.84. The Hall–Kier alpha value is -2.39. The van der Waals surface area contributed by atoms with Gasteiger partial charge in [0.15, 0.2) is 0 Å². The van der Waals surface area contributed by atoms with Crippen LogP contribution in [-0.2, 0) is 31.3 Å². The van der Waals surface area contributed by atoms with Crippen molar-refractivity contribution in [1.29, 1.82) is 0 Å².